The fourth-order valence-electron chi connectivity index (χ4n) is 2.24. The molecule has 2 rings (SSSR count). The Morgan fingerprint density at radius 3 is 2.14 bits per heavy atom. The fraction of sp³-hybridized carbons (Fsp3) is 0.833. The van der Waals surface area contributed by atoms with E-state index in [1.807, 2.05) is 0 Å². The second kappa shape index (κ2) is 6.99. The molecular weight excluding hydrogens is 288 g/mol. The van der Waals surface area contributed by atoms with Crippen molar-refractivity contribution in [3.05, 3.63) is 12.3 Å². The molecule has 0 aromatic heterocycles. The van der Waals surface area contributed by atoms with Crippen LogP contribution in [0.3, 0.4) is 0 Å². The Kier molecular flexibility index (Phi) is 5.52. The smallest absolute Gasteiger partial charge is 0.187 e. The van der Waals surface area contributed by atoms with Crippen LogP contribution in [-0.4, -0.2) is 92.9 Å². The summed E-state index contributed by atoms with van der Waals surface area (Å²) in [6.07, 6.45) is -7.49. The quantitative estimate of drug-likeness (QED) is 0.310. The molecule has 2 aliphatic rings. The van der Waals surface area contributed by atoms with Crippen molar-refractivity contribution in [3.8, 4) is 0 Å². The number of aliphatic hydroxyl groups is 6. The van der Waals surface area contributed by atoms with Crippen molar-refractivity contribution in [1.82, 2.24) is 0 Å². The van der Waals surface area contributed by atoms with E-state index >= 15 is 0 Å². The minimum atomic E-state index is -1.56. The van der Waals surface area contributed by atoms with E-state index in [0.29, 0.717) is 0 Å². The van der Waals surface area contributed by atoms with Gasteiger partial charge in [-0.1, -0.05) is 0 Å². The molecule has 21 heavy (non-hydrogen) atoms. The molecule has 2 aliphatic heterocycles. The van der Waals surface area contributed by atoms with Crippen LogP contribution in [0.1, 0.15) is 0 Å². The van der Waals surface area contributed by atoms with Gasteiger partial charge in [-0.2, -0.15) is 0 Å². The molecule has 0 aromatic carbocycles. The summed E-state index contributed by atoms with van der Waals surface area (Å²) < 4.78 is 15.5. The largest absolute Gasteiger partial charge is 0.493 e. The lowest BCUT2D eigenvalue weighted by Crippen LogP contribution is -2.60. The third-order valence-corrected chi connectivity index (χ3v) is 3.56. The first-order valence-electron chi connectivity index (χ1n) is 6.56. The second-order valence-electron chi connectivity index (χ2n) is 4.97. The second-order valence-corrected chi connectivity index (χ2v) is 4.97. The van der Waals surface area contributed by atoms with Crippen molar-refractivity contribution in [2.24, 2.45) is 0 Å². The first-order chi connectivity index (χ1) is 9.99. The fourth-order valence-corrected chi connectivity index (χ4v) is 2.24. The van der Waals surface area contributed by atoms with E-state index in [1.54, 1.807) is 0 Å². The number of ether oxygens (including phenoxy) is 3. The van der Waals surface area contributed by atoms with Gasteiger partial charge in [0.2, 0.25) is 0 Å². The van der Waals surface area contributed by atoms with Gasteiger partial charge in [0.1, 0.15) is 42.7 Å². The summed E-state index contributed by atoms with van der Waals surface area (Å²) in [6, 6.07) is 0. The molecule has 0 bridgehead atoms. The lowest BCUT2D eigenvalue weighted by Gasteiger charge is -2.41. The molecule has 122 valence electrons. The molecule has 0 amide bonds. The van der Waals surface area contributed by atoms with Crippen LogP contribution in [0.4, 0.5) is 0 Å². The van der Waals surface area contributed by atoms with Gasteiger partial charge in [-0.05, 0) is 6.08 Å². The summed E-state index contributed by atoms with van der Waals surface area (Å²) in [7, 11) is 0. The van der Waals surface area contributed by atoms with E-state index in [2.05, 4.69) is 0 Å². The Bertz CT molecular complexity index is 361. The van der Waals surface area contributed by atoms with Crippen LogP contribution in [0.15, 0.2) is 12.3 Å². The first kappa shape index (κ1) is 16.6. The van der Waals surface area contributed by atoms with Crippen molar-refractivity contribution >= 4 is 0 Å². The van der Waals surface area contributed by atoms with E-state index in [4.69, 9.17) is 24.4 Å². The Hall–Kier alpha value is -0.780. The van der Waals surface area contributed by atoms with Gasteiger partial charge >= 0.3 is 0 Å². The van der Waals surface area contributed by atoms with Crippen molar-refractivity contribution in [2.45, 2.75) is 49.0 Å². The molecule has 9 heteroatoms. The summed E-state index contributed by atoms with van der Waals surface area (Å²) in [6.45, 7) is -1.00. The van der Waals surface area contributed by atoms with Crippen LogP contribution in [0.5, 0.6) is 0 Å². The van der Waals surface area contributed by atoms with Gasteiger partial charge in [-0.25, -0.2) is 0 Å². The summed E-state index contributed by atoms with van der Waals surface area (Å²) in [5, 5.41) is 57.2. The standard InChI is InChI=1S/C12H20O9/c13-3-6-8(15)5(1-2-19-6)20-12-11(18)10(17)9(16)7(4-14)21-12/h1-2,5-18H,3-4H2/t5?,6?,7?,8?,9-,10?,11?,12?/m0/s1. The maximum absolute atomic E-state index is 9.93. The normalized spacial score (nSPS) is 47.1. The van der Waals surface area contributed by atoms with Gasteiger partial charge in [0, 0.05) is 0 Å². The predicted molar refractivity (Wildman–Crippen MR) is 65.7 cm³/mol. The molecule has 1 saturated heterocycles. The summed E-state index contributed by atoms with van der Waals surface area (Å²) >= 11 is 0. The zero-order chi connectivity index (χ0) is 15.6. The van der Waals surface area contributed by atoms with Gasteiger partial charge in [-0.3, -0.25) is 0 Å². The highest BCUT2D eigenvalue weighted by atomic mass is 16.7. The average molecular weight is 308 g/mol. The number of hydrogen-bond donors (Lipinski definition) is 6. The minimum absolute atomic E-state index is 0.431. The Morgan fingerprint density at radius 2 is 1.52 bits per heavy atom. The third kappa shape index (κ3) is 3.35. The summed E-state index contributed by atoms with van der Waals surface area (Å²) in [5.41, 5.74) is 0. The highest BCUT2D eigenvalue weighted by molar-refractivity contribution is 4.99. The topological polar surface area (TPSA) is 149 Å². The van der Waals surface area contributed by atoms with E-state index in [9.17, 15) is 20.4 Å². The minimum Gasteiger partial charge on any atom is -0.493 e. The lowest BCUT2D eigenvalue weighted by atomic mass is 9.99. The molecular formula is C12H20O9. The van der Waals surface area contributed by atoms with E-state index < -0.39 is 62.2 Å². The van der Waals surface area contributed by atoms with Gasteiger partial charge in [0.15, 0.2) is 6.29 Å². The molecule has 0 spiro atoms. The zero-order valence-corrected chi connectivity index (χ0v) is 11.1. The van der Waals surface area contributed by atoms with E-state index in [0.717, 1.165) is 0 Å². The van der Waals surface area contributed by atoms with Crippen LogP contribution in [0, 0.1) is 0 Å². The van der Waals surface area contributed by atoms with Crippen LogP contribution >= 0.6 is 0 Å². The molecule has 2 heterocycles. The Morgan fingerprint density at radius 1 is 0.857 bits per heavy atom. The zero-order valence-electron chi connectivity index (χ0n) is 11.1. The molecule has 0 aliphatic carbocycles. The maximum atomic E-state index is 9.93. The number of rotatable bonds is 4. The van der Waals surface area contributed by atoms with Crippen molar-refractivity contribution in [3.63, 3.8) is 0 Å². The molecule has 1 fully saturated rings. The summed E-state index contributed by atoms with van der Waals surface area (Å²) in [5.74, 6) is 0. The van der Waals surface area contributed by atoms with Crippen LogP contribution in [0.2, 0.25) is 0 Å². The number of hydrogen-bond acceptors (Lipinski definition) is 9. The highest BCUT2D eigenvalue weighted by Gasteiger charge is 2.46. The molecule has 0 saturated carbocycles. The molecule has 6 N–H and O–H groups in total. The average Bonchev–Trinajstić information content (AvgIpc) is 2.49. The van der Waals surface area contributed by atoms with Crippen molar-refractivity contribution in [1.29, 1.82) is 0 Å². The molecule has 0 aromatic rings. The first-order valence-corrected chi connectivity index (χ1v) is 6.56. The number of aliphatic hydroxyl groups excluding tert-OH is 6. The molecule has 8 atom stereocenters. The Labute approximate surface area is 120 Å². The van der Waals surface area contributed by atoms with Crippen LogP contribution in [0.25, 0.3) is 0 Å². The van der Waals surface area contributed by atoms with Crippen molar-refractivity contribution < 1.29 is 44.8 Å². The molecule has 9 nitrogen and oxygen atoms in total. The SMILES string of the molecule is OCC1OC=CC(OC2OC(CO)[C@H](O)C(O)C2O)C1O. The third-order valence-electron chi connectivity index (χ3n) is 3.56. The Balaban J connectivity index is 2.04. The lowest BCUT2D eigenvalue weighted by molar-refractivity contribution is -0.315. The summed E-state index contributed by atoms with van der Waals surface area (Å²) in [4.78, 5) is 0. The maximum Gasteiger partial charge on any atom is 0.187 e. The van der Waals surface area contributed by atoms with E-state index in [-0.39, 0.29) is 0 Å². The van der Waals surface area contributed by atoms with Crippen LogP contribution in [-0.2, 0) is 14.2 Å². The van der Waals surface area contributed by atoms with Crippen molar-refractivity contribution in [2.75, 3.05) is 13.2 Å². The van der Waals surface area contributed by atoms with Gasteiger partial charge in [0.25, 0.3) is 0 Å². The molecule has 7 unspecified atom stereocenters. The highest BCUT2D eigenvalue weighted by Crippen LogP contribution is 2.25. The van der Waals surface area contributed by atoms with E-state index in [1.165, 1.54) is 12.3 Å². The van der Waals surface area contributed by atoms with Gasteiger partial charge in [-0.15, -0.1) is 0 Å². The van der Waals surface area contributed by atoms with Gasteiger partial charge < -0.3 is 44.8 Å². The monoisotopic (exact) mass is 308 g/mol. The van der Waals surface area contributed by atoms with Crippen LogP contribution < -0.4 is 0 Å². The molecule has 0 radical (unpaired) electrons. The predicted octanol–water partition coefficient (Wildman–Crippen LogP) is -3.56. The van der Waals surface area contributed by atoms with Gasteiger partial charge in [0.05, 0.1) is 19.5 Å².